The molecule has 11 heteroatoms. The first-order chi connectivity index (χ1) is 16.8. The molecule has 184 valence electrons. The largest absolute Gasteiger partial charge is 0.472 e. The summed E-state index contributed by atoms with van der Waals surface area (Å²) >= 11 is 7.53. The molecule has 8 nitrogen and oxygen atoms in total. The van der Waals surface area contributed by atoms with Crippen molar-refractivity contribution in [3.63, 3.8) is 0 Å². The number of piperazine rings is 1. The van der Waals surface area contributed by atoms with E-state index in [1.54, 1.807) is 30.5 Å². The third kappa shape index (κ3) is 6.40. The molecule has 1 saturated heterocycles. The molecule has 35 heavy (non-hydrogen) atoms. The van der Waals surface area contributed by atoms with Crippen molar-refractivity contribution in [2.24, 2.45) is 5.73 Å². The summed E-state index contributed by atoms with van der Waals surface area (Å²) in [5.41, 5.74) is 6.61. The molecular weight excluding hydrogens is 493 g/mol. The van der Waals surface area contributed by atoms with Gasteiger partial charge in [-0.05, 0) is 54.6 Å². The second-order valence-corrected chi connectivity index (χ2v) is 9.67. The normalized spacial score (nSPS) is 14.2. The zero-order chi connectivity index (χ0) is 24.9. The molecule has 3 aromatic rings. The second-order valence-electron chi connectivity index (χ2n) is 8.15. The van der Waals surface area contributed by atoms with E-state index in [4.69, 9.17) is 22.1 Å². The summed E-state index contributed by atoms with van der Waals surface area (Å²) in [7, 11) is 2.07. The average Bonchev–Trinajstić information content (AvgIpc) is 2.83. The fourth-order valence-corrected chi connectivity index (χ4v) is 4.81. The van der Waals surface area contributed by atoms with Crippen LogP contribution in [0.4, 0.5) is 10.3 Å². The fourth-order valence-electron chi connectivity index (χ4n) is 3.61. The molecule has 3 N–H and O–H groups in total. The maximum atomic E-state index is 13.9. The van der Waals surface area contributed by atoms with Gasteiger partial charge in [0.25, 0.3) is 0 Å². The van der Waals surface area contributed by atoms with Crippen LogP contribution in [0.2, 0.25) is 5.02 Å². The SMILES string of the molecule is CN1CCN(c2ncc(Sc3ccc(C(N)=O)c(Cl)c3)c(OCc3cc(F)cc(CO)c3)n2)CC1. The third-order valence-electron chi connectivity index (χ3n) is 5.51. The van der Waals surface area contributed by atoms with E-state index in [0.29, 0.717) is 27.9 Å². The minimum Gasteiger partial charge on any atom is -0.472 e. The quantitative estimate of drug-likeness (QED) is 0.469. The Labute approximate surface area is 211 Å². The highest BCUT2D eigenvalue weighted by molar-refractivity contribution is 7.99. The van der Waals surface area contributed by atoms with Crippen molar-refractivity contribution < 1.29 is 19.0 Å². The van der Waals surface area contributed by atoms with Gasteiger partial charge in [0.05, 0.1) is 28.3 Å². The number of carbonyl (C=O) groups is 1. The van der Waals surface area contributed by atoms with Crippen LogP contribution in [-0.2, 0) is 13.2 Å². The van der Waals surface area contributed by atoms with Gasteiger partial charge >= 0.3 is 0 Å². The molecule has 0 radical (unpaired) electrons. The molecule has 1 amide bonds. The molecular formula is C24H25ClFN5O3S. The van der Waals surface area contributed by atoms with E-state index in [1.165, 1.54) is 23.9 Å². The number of hydrogen-bond acceptors (Lipinski definition) is 8. The molecule has 1 aliphatic heterocycles. The van der Waals surface area contributed by atoms with Gasteiger partial charge in [-0.3, -0.25) is 4.79 Å². The van der Waals surface area contributed by atoms with Gasteiger partial charge in [0, 0.05) is 31.1 Å². The van der Waals surface area contributed by atoms with Crippen molar-refractivity contribution in [1.82, 2.24) is 14.9 Å². The first-order valence-electron chi connectivity index (χ1n) is 10.9. The Hall–Kier alpha value is -2.92. The summed E-state index contributed by atoms with van der Waals surface area (Å²) < 4.78 is 20.0. The van der Waals surface area contributed by atoms with E-state index in [2.05, 4.69) is 26.8 Å². The van der Waals surface area contributed by atoms with Crippen LogP contribution in [0.25, 0.3) is 0 Å². The van der Waals surface area contributed by atoms with Crippen LogP contribution >= 0.6 is 23.4 Å². The standard InChI is InChI=1S/C24H25ClFN5O3S/c1-30-4-6-31(7-5-30)24-28-12-21(35-18-2-3-19(22(27)33)20(25)11-18)23(29-24)34-14-16-8-15(13-32)9-17(26)10-16/h2-3,8-12,32H,4-7,13-14H2,1H3,(H2,27,33). The minimum atomic E-state index is -0.604. The highest BCUT2D eigenvalue weighted by atomic mass is 35.5. The van der Waals surface area contributed by atoms with E-state index in [9.17, 15) is 14.3 Å². The number of likely N-dealkylation sites (N-methyl/N-ethyl adjacent to an activating group) is 1. The third-order valence-corrected chi connectivity index (χ3v) is 6.81. The van der Waals surface area contributed by atoms with E-state index in [0.717, 1.165) is 31.1 Å². The van der Waals surface area contributed by atoms with Gasteiger partial charge in [-0.1, -0.05) is 23.4 Å². The summed E-state index contributed by atoms with van der Waals surface area (Å²) in [6, 6.07) is 9.26. The number of amides is 1. The Morgan fingerprint density at radius 1 is 1.20 bits per heavy atom. The summed E-state index contributed by atoms with van der Waals surface area (Å²) in [6.45, 7) is 3.16. The van der Waals surface area contributed by atoms with Gasteiger partial charge in [0.15, 0.2) is 0 Å². The number of primary amides is 1. The molecule has 2 heterocycles. The molecule has 1 aliphatic rings. The number of rotatable bonds is 8. The molecule has 0 unspecified atom stereocenters. The number of nitrogens with zero attached hydrogens (tertiary/aromatic N) is 4. The van der Waals surface area contributed by atoms with Gasteiger partial charge in [0.1, 0.15) is 12.4 Å². The number of hydrogen-bond donors (Lipinski definition) is 2. The molecule has 0 saturated carbocycles. The van der Waals surface area contributed by atoms with Crippen molar-refractivity contribution in [3.05, 3.63) is 70.1 Å². The fraction of sp³-hybridized carbons (Fsp3) is 0.292. The van der Waals surface area contributed by atoms with Gasteiger partial charge in [-0.15, -0.1) is 0 Å². The summed E-state index contributed by atoms with van der Waals surface area (Å²) in [5.74, 6) is -0.166. The van der Waals surface area contributed by atoms with Gasteiger partial charge in [-0.25, -0.2) is 9.37 Å². The average molecular weight is 518 g/mol. The molecule has 2 aromatic carbocycles. The van der Waals surface area contributed by atoms with Crippen LogP contribution < -0.4 is 15.4 Å². The van der Waals surface area contributed by atoms with Crippen LogP contribution in [0.3, 0.4) is 0 Å². The summed E-state index contributed by atoms with van der Waals surface area (Å²) in [5, 5.41) is 9.62. The Bertz CT molecular complexity index is 1220. The lowest BCUT2D eigenvalue weighted by atomic mass is 10.1. The number of aliphatic hydroxyl groups excluding tert-OH is 1. The summed E-state index contributed by atoms with van der Waals surface area (Å²) in [4.78, 5) is 26.4. The van der Waals surface area contributed by atoms with Crippen LogP contribution in [-0.4, -0.2) is 59.1 Å². The van der Waals surface area contributed by atoms with Crippen LogP contribution in [0.15, 0.2) is 52.4 Å². The number of benzene rings is 2. The van der Waals surface area contributed by atoms with Gasteiger partial charge in [0.2, 0.25) is 17.7 Å². The first kappa shape index (κ1) is 25.2. The number of aromatic nitrogens is 2. The lowest BCUT2D eigenvalue weighted by Crippen LogP contribution is -2.45. The number of ether oxygens (including phenoxy) is 1. The number of carbonyl (C=O) groups excluding carboxylic acids is 1. The first-order valence-corrected chi connectivity index (χ1v) is 12.1. The van der Waals surface area contributed by atoms with E-state index < -0.39 is 11.7 Å². The molecule has 0 atom stereocenters. The Kier molecular flexibility index (Phi) is 8.07. The predicted octanol–water partition coefficient (Wildman–Crippen LogP) is 3.34. The predicted molar refractivity (Wildman–Crippen MR) is 132 cm³/mol. The number of nitrogens with two attached hydrogens (primary N) is 1. The van der Waals surface area contributed by atoms with Crippen molar-refractivity contribution in [2.75, 3.05) is 38.1 Å². The molecule has 0 spiro atoms. The molecule has 1 fully saturated rings. The monoisotopic (exact) mass is 517 g/mol. The second kappa shape index (κ2) is 11.2. The van der Waals surface area contributed by atoms with Crippen molar-refractivity contribution in [2.45, 2.75) is 23.0 Å². The highest BCUT2D eigenvalue weighted by Gasteiger charge is 2.20. The molecule has 0 aliphatic carbocycles. The van der Waals surface area contributed by atoms with Crippen molar-refractivity contribution in [1.29, 1.82) is 0 Å². The Balaban J connectivity index is 1.61. The zero-order valence-electron chi connectivity index (χ0n) is 19.1. The van der Waals surface area contributed by atoms with Crippen LogP contribution in [0, 0.1) is 5.82 Å². The molecule has 0 bridgehead atoms. The minimum absolute atomic E-state index is 0.0544. The topological polar surface area (TPSA) is 105 Å². The van der Waals surface area contributed by atoms with Crippen molar-refractivity contribution >= 4 is 35.2 Å². The Morgan fingerprint density at radius 2 is 1.94 bits per heavy atom. The Morgan fingerprint density at radius 3 is 2.63 bits per heavy atom. The van der Waals surface area contributed by atoms with Gasteiger partial charge in [-0.2, -0.15) is 4.98 Å². The number of aliphatic hydroxyl groups is 1. The molecule has 1 aromatic heterocycles. The van der Waals surface area contributed by atoms with E-state index >= 15 is 0 Å². The lowest BCUT2D eigenvalue weighted by molar-refractivity contribution is 0.100. The number of halogens is 2. The maximum Gasteiger partial charge on any atom is 0.250 e. The van der Waals surface area contributed by atoms with Gasteiger partial charge < -0.3 is 25.4 Å². The smallest absolute Gasteiger partial charge is 0.250 e. The summed E-state index contributed by atoms with van der Waals surface area (Å²) in [6.07, 6.45) is 1.68. The highest BCUT2D eigenvalue weighted by Crippen LogP contribution is 2.36. The number of anilines is 1. The molecule has 4 rings (SSSR count). The van der Waals surface area contributed by atoms with Crippen LogP contribution in [0.5, 0.6) is 5.88 Å². The van der Waals surface area contributed by atoms with E-state index in [-0.39, 0.29) is 23.8 Å². The zero-order valence-corrected chi connectivity index (χ0v) is 20.7. The van der Waals surface area contributed by atoms with E-state index in [1.807, 2.05) is 0 Å². The van der Waals surface area contributed by atoms with Crippen LogP contribution in [0.1, 0.15) is 21.5 Å². The van der Waals surface area contributed by atoms with Crippen molar-refractivity contribution in [3.8, 4) is 5.88 Å². The lowest BCUT2D eigenvalue weighted by Gasteiger charge is -2.32. The maximum absolute atomic E-state index is 13.9.